The number of benzene rings is 1. The first-order chi connectivity index (χ1) is 6.18. The fourth-order valence-corrected chi connectivity index (χ4v) is 1.21. The number of nitro benzene ring substituents is 1. The topological polar surface area (TPSA) is 84.7 Å². The number of nitrogens with zero attached hydrogens (tertiary/aromatic N) is 3. The van der Waals surface area contributed by atoms with Gasteiger partial charge in [-0.25, -0.2) is 0 Å². The van der Waals surface area contributed by atoms with Crippen molar-refractivity contribution in [2.75, 3.05) is 0 Å². The first-order valence-corrected chi connectivity index (χ1v) is 3.64. The maximum absolute atomic E-state index is 10.6. The number of nitrogens with one attached hydrogen (secondary N) is 1. The number of aromatic amines is 1. The van der Waals surface area contributed by atoms with Gasteiger partial charge in [0.1, 0.15) is 5.52 Å². The quantitative estimate of drug-likeness (QED) is 0.524. The van der Waals surface area contributed by atoms with Crippen LogP contribution in [0.2, 0.25) is 0 Å². The van der Waals surface area contributed by atoms with Gasteiger partial charge in [-0.2, -0.15) is 0 Å². The third kappa shape index (κ3) is 1.12. The molecule has 0 atom stereocenters. The van der Waals surface area contributed by atoms with Crippen molar-refractivity contribution in [2.24, 2.45) is 0 Å². The van der Waals surface area contributed by atoms with Gasteiger partial charge >= 0.3 is 0 Å². The van der Waals surface area contributed by atoms with Crippen molar-refractivity contribution in [1.82, 2.24) is 15.4 Å². The van der Waals surface area contributed by atoms with Gasteiger partial charge in [0.15, 0.2) is 5.52 Å². The monoisotopic (exact) mass is 178 g/mol. The average Bonchev–Trinajstić information content (AvgIpc) is 2.49. The van der Waals surface area contributed by atoms with Crippen LogP contribution in [-0.2, 0) is 0 Å². The molecule has 1 N–H and O–H groups in total. The third-order valence-electron chi connectivity index (χ3n) is 1.76. The molecule has 0 fully saturated rings. The fraction of sp³-hybridized carbons (Fsp3) is 0.143. The molecule has 0 spiro atoms. The van der Waals surface area contributed by atoms with Crippen molar-refractivity contribution in [2.45, 2.75) is 6.92 Å². The minimum Gasteiger partial charge on any atom is -0.258 e. The van der Waals surface area contributed by atoms with Gasteiger partial charge in [-0.05, 0) is 18.6 Å². The van der Waals surface area contributed by atoms with Gasteiger partial charge < -0.3 is 0 Å². The molecule has 0 aliphatic heterocycles. The Balaban J connectivity index is 2.84. The summed E-state index contributed by atoms with van der Waals surface area (Å²) in [6.07, 6.45) is 0. The lowest BCUT2D eigenvalue weighted by Gasteiger charge is -1.93. The Labute approximate surface area is 72.7 Å². The number of fused-ring (bicyclic) bond motifs is 1. The minimum absolute atomic E-state index is 0.0139. The van der Waals surface area contributed by atoms with E-state index in [-0.39, 0.29) is 5.69 Å². The van der Waals surface area contributed by atoms with Crippen molar-refractivity contribution in [3.8, 4) is 0 Å². The summed E-state index contributed by atoms with van der Waals surface area (Å²) in [6, 6.07) is 3.23. The van der Waals surface area contributed by atoms with Crippen LogP contribution in [0.4, 0.5) is 5.69 Å². The molecule has 6 heteroatoms. The van der Waals surface area contributed by atoms with E-state index in [0.29, 0.717) is 11.0 Å². The summed E-state index contributed by atoms with van der Waals surface area (Å²) >= 11 is 0. The second-order valence-electron chi connectivity index (χ2n) is 2.75. The van der Waals surface area contributed by atoms with E-state index in [1.807, 2.05) is 0 Å². The normalized spacial score (nSPS) is 10.5. The van der Waals surface area contributed by atoms with E-state index in [1.165, 1.54) is 6.07 Å². The summed E-state index contributed by atoms with van der Waals surface area (Å²) in [6.45, 7) is 1.78. The number of H-pyrrole nitrogens is 1. The summed E-state index contributed by atoms with van der Waals surface area (Å²) in [5, 5.41) is 20.3. The Morgan fingerprint density at radius 3 is 3.00 bits per heavy atom. The van der Waals surface area contributed by atoms with Crippen LogP contribution >= 0.6 is 0 Å². The highest BCUT2D eigenvalue weighted by Crippen LogP contribution is 2.23. The van der Waals surface area contributed by atoms with Crippen LogP contribution in [0.5, 0.6) is 0 Å². The van der Waals surface area contributed by atoms with Crippen molar-refractivity contribution in [3.05, 3.63) is 27.8 Å². The van der Waals surface area contributed by atoms with E-state index < -0.39 is 4.92 Å². The first kappa shape index (κ1) is 7.66. The Morgan fingerprint density at radius 2 is 2.31 bits per heavy atom. The van der Waals surface area contributed by atoms with Crippen LogP contribution in [-0.4, -0.2) is 20.3 Å². The van der Waals surface area contributed by atoms with E-state index in [2.05, 4.69) is 15.4 Å². The number of non-ortho nitro benzene ring substituents is 1. The summed E-state index contributed by atoms with van der Waals surface area (Å²) < 4.78 is 0. The molecule has 0 amide bonds. The van der Waals surface area contributed by atoms with Crippen molar-refractivity contribution >= 4 is 16.7 Å². The van der Waals surface area contributed by atoms with E-state index in [4.69, 9.17) is 0 Å². The van der Waals surface area contributed by atoms with Crippen molar-refractivity contribution in [3.63, 3.8) is 0 Å². The van der Waals surface area contributed by atoms with Crippen LogP contribution in [0.1, 0.15) is 5.56 Å². The van der Waals surface area contributed by atoms with Gasteiger partial charge in [-0.3, -0.25) is 15.2 Å². The molecule has 0 aliphatic rings. The highest BCUT2D eigenvalue weighted by molar-refractivity contribution is 5.84. The summed E-state index contributed by atoms with van der Waals surface area (Å²) in [5.41, 5.74) is 1.70. The molecule has 1 heterocycles. The number of aromatic nitrogens is 3. The second-order valence-corrected chi connectivity index (χ2v) is 2.75. The highest BCUT2D eigenvalue weighted by Gasteiger charge is 2.14. The zero-order valence-electron chi connectivity index (χ0n) is 6.81. The van der Waals surface area contributed by atoms with E-state index >= 15 is 0 Å². The van der Waals surface area contributed by atoms with Gasteiger partial charge in [0.05, 0.1) is 4.92 Å². The summed E-state index contributed by atoms with van der Waals surface area (Å²) in [7, 11) is 0. The number of hydrogen-bond donors (Lipinski definition) is 1. The SMILES string of the molecule is Cc1cc([N+](=O)[O-])c2[nH]nnc2c1. The van der Waals surface area contributed by atoms with Gasteiger partial charge in [-0.1, -0.05) is 5.21 Å². The standard InChI is InChI=1S/C7H6N4O2/c1-4-2-5-7(9-10-8-5)6(3-4)11(12)13/h2-3H,1H3,(H,8,9,10). The lowest BCUT2D eigenvalue weighted by atomic mass is 10.2. The second kappa shape index (κ2) is 2.51. The lowest BCUT2D eigenvalue weighted by molar-refractivity contribution is -0.383. The maximum Gasteiger partial charge on any atom is 0.296 e. The van der Waals surface area contributed by atoms with Gasteiger partial charge in [0, 0.05) is 6.07 Å². The van der Waals surface area contributed by atoms with Gasteiger partial charge in [-0.15, -0.1) is 5.10 Å². The van der Waals surface area contributed by atoms with Gasteiger partial charge in [0.2, 0.25) is 0 Å². The van der Waals surface area contributed by atoms with Gasteiger partial charge in [0.25, 0.3) is 5.69 Å². The highest BCUT2D eigenvalue weighted by atomic mass is 16.6. The smallest absolute Gasteiger partial charge is 0.258 e. The number of hydrogen-bond acceptors (Lipinski definition) is 4. The molecule has 13 heavy (non-hydrogen) atoms. The molecule has 0 saturated heterocycles. The first-order valence-electron chi connectivity index (χ1n) is 3.64. The van der Waals surface area contributed by atoms with Crippen LogP contribution in [0.25, 0.3) is 11.0 Å². The number of rotatable bonds is 1. The van der Waals surface area contributed by atoms with Crippen LogP contribution in [0, 0.1) is 17.0 Å². The zero-order chi connectivity index (χ0) is 9.42. The fourth-order valence-electron chi connectivity index (χ4n) is 1.21. The molecule has 2 rings (SSSR count). The van der Waals surface area contributed by atoms with E-state index in [9.17, 15) is 10.1 Å². The average molecular weight is 178 g/mol. The Kier molecular flexibility index (Phi) is 1.48. The van der Waals surface area contributed by atoms with Crippen molar-refractivity contribution < 1.29 is 4.92 Å². The lowest BCUT2D eigenvalue weighted by Crippen LogP contribution is -1.90. The maximum atomic E-state index is 10.6. The predicted molar refractivity (Wildman–Crippen MR) is 45.3 cm³/mol. The van der Waals surface area contributed by atoms with Crippen LogP contribution in [0.15, 0.2) is 12.1 Å². The summed E-state index contributed by atoms with van der Waals surface area (Å²) in [4.78, 5) is 10.1. The molecule has 6 nitrogen and oxygen atoms in total. The van der Waals surface area contributed by atoms with E-state index in [0.717, 1.165) is 5.56 Å². The molecule has 2 aromatic rings. The van der Waals surface area contributed by atoms with E-state index in [1.54, 1.807) is 13.0 Å². The molecule has 0 unspecified atom stereocenters. The zero-order valence-corrected chi connectivity index (χ0v) is 6.81. The molecular weight excluding hydrogens is 172 g/mol. The third-order valence-corrected chi connectivity index (χ3v) is 1.76. The summed E-state index contributed by atoms with van der Waals surface area (Å²) in [5.74, 6) is 0. The molecule has 0 bridgehead atoms. The molecular formula is C7H6N4O2. The predicted octanol–water partition coefficient (Wildman–Crippen LogP) is 1.17. The molecule has 1 aromatic heterocycles. The molecule has 0 saturated carbocycles. The minimum atomic E-state index is -0.449. The van der Waals surface area contributed by atoms with Crippen LogP contribution < -0.4 is 0 Å². The number of aryl methyl sites for hydroxylation is 1. The molecule has 0 radical (unpaired) electrons. The molecule has 66 valence electrons. The van der Waals surface area contributed by atoms with Crippen LogP contribution in [0.3, 0.4) is 0 Å². The van der Waals surface area contributed by atoms with Crippen molar-refractivity contribution in [1.29, 1.82) is 0 Å². The Hall–Kier alpha value is -1.98. The molecule has 0 aliphatic carbocycles. The number of nitro groups is 1. The molecule has 1 aromatic carbocycles. The Morgan fingerprint density at radius 1 is 1.54 bits per heavy atom. The Bertz CT molecular complexity index is 476. The largest absolute Gasteiger partial charge is 0.296 e.